The van der Waals surface area contributed by atoms with Crippen molar-refractivity contribution >= 4 is 23.7 Å². The topological polar surface area (TPSA) is 67.4 Å². The second-order valence-electron chi connectivity index (χ2n) is 6.63. The van der Waals surface area contributed by atoms with E-state index in [2.05, 4.69) is 20.2 Å². The summed E-state index contributed by atoms with van der Waals surface area (Å²) in [5.41, 5.74) is -0.476. The molecule has 1 atom stereocenters. The molecular formula is C16H26N4O2S. The van der Waals surface area contributed by atoms with Crippen LogP contribution in [0.2, 0.25) is 0 Å². The lowest BCUT2D eigenvalue weighted by atomic mass is 10.0. The van der Waals surface area contributed by atoms with Crippen LogP contribution in [0.3, 0.4) is 0 Å². The van der Waals surface area contributed by atoms with Gasteiger partial charge in [0.05, 0.1) is 0 Å². The van der Waals surface area contributed by atoms with Crippen molar-refractivity contribution in [2.75, 3.05) is 24.2 Å². The first-order valence-corrected chi connectivity index (χ1v) is 9.22. The summed E-state index contributed by atoms with van der Waals surface area (Å²) in [7, 11) is 0. The number of carbonyl (C=O) groups excluding carboxylic acids is 1. The molecule has 1 aliphatic heterocycles. The SMILES string of the molecule is CSc1nccc(N2CCCC[C@@H]2CNC(=O)OC(C)(C)C)n1. The molecule has 2 rings (SSSR count). The Bertz CT molecular complexity index is 533. The van der Waals surface area contributed by atoms with Crippen molar-refractivity contribution < 1.29 is 9.53 Å². The number of hydrogen-bond acceptors (Lipinski definition) is 6. The second-order valence-corrected chi connectivity index (χ2v) is 7.40. The van der Waals surface area contributed by atoms with E-state index < -0.39 is 5.60 Å². The molecule has 1 saturated heterocycles. The molecule has 1 fully saturated rings. The Morgan fingerprint density at radius 3 is 2.96 bits per heavy atom. The molecule has 1 amide bonds. The van der Waals surface area contributed by atoms with Crippen LogP contribution in [0.25, 0.3) is 0 Å². The number of aromatic nitrogens is 2. The zero-order chi connectivity index (χ0) is 16.9. The maximum Gasteiger partial charge on any atom is 0.407 e. The number of alkyl carbamates (subject to hydrolysis) is 1. The molecular weight excluding hydrogens is 312 g/mol. The molecule has 0 bridgehead atoms. The fourth-order valence-corrected chi connectivity index (χ4v) is 2.97. The number of amides is 1. The minimum atomic E-state index is -0.476. The first-order valence-electron chi connectivity index (χ1n) is 7.99. The van der Waals surface area contributed by atoms with Crippen molar-refractivity contribution in [3.8, 4) is 0 Å². The molecule has 0 radical (unpaired) electrons. The average molecular weight is 338 g/mol. The molecule has 128 valence electrons. The zero-order valence-corrected chi connectivity index (χ0v) is 15.2. The molecule has 0 aliphatic carbocycles. The van der Waals surface area contributed by atoms with Gasteiger partial charge in [0, 0.05) is 25.3 Å². The van der Waals surface area contributed by atoms with Gasteiger partial charge >= 0.3 is 6.09 Å². The molecule has 2 heterocycles. The largest absolute Gasteiger partial charge is 0.444 e. The Kier molecular flexibility index (Phi) is 6.10. The number of thioether (sulfide) groups is 1. The maximum atomic E-state index is 11.9. The van der Waals surface area contributed by atoms with E-state index in [1.165, 1.54) is 11.8 Å². The predicted octanol–water partition coefficient (Wildman–Crippen LogP) is 3.08. The highest BCUT2D eigenvalue weighted by molar-refractivity contribution is 7.98. The summed E-state index contributed by atoms with van der Waals surface area (Å²) in [4.78, 5) is 22.9. The van der Waals surface area contributed by atoms with Gasteiger partial charge in [0.2, 0.25) is 0 Å². The van der Waals surface area contributed by atoms with E-state index in [0.717, 1.165) is 36.8 Å². The number of nitrogens with one attached hydrogen (secondary N) is 1. The lowest BCUT2D eigenvalue weighted by Gasteiger charge is -2.36. The van der Waals surface area contributed by atoms with Crippen LogP contribution in [-0.4, -0.2) is 47.0 Å². The monoisotopic (exact) mass is 338 g/mol. The third-order valence-corrected chi connectivity index (χ3v) is 4.17. The highest BCUT2D eigenvalue weighted by Crippen LogP contribution is 2.24. The minimum absolute atomic E-state index is 0.237. The van der Waals surface area contributed by atoms with E-state index in [1.807, 2.05) is 33.1 Å². The van der Waals surface area contributed by atoms with Gasteiger partial charge in [-0.2, -0.15) is 0 Å². The van der Waals surface area contributed by atoms with Crippen LogP contribution in [0.4, 0.5) is 10.6 Å². The van der Waals surface area contributed by atoms with Crippen LogP contribution in [0.15, 0.2) is 17.4 Å². The number of carbonyl (C=O) groups is 1. The molecule has 1 aromatic rings. The zero-order valence-electron chi connectivity index (χ0n) is 14.3. The molecule has 1 N–H and O–H groups in total. The van der Waals surface area contributed by atoms with E-state index in [0.29, 0.717) is 6.54 Å². The van der Waals surface area contributed by atoms with Gasteiger partial charge in [-0.25, -0.2) is 14.8 Å². The summed E-state index contributed by atoms with van der Waals surface area (Å²) >= 11 is 1.53. The standard InChI is InChI=1S/C16H26N4O2S/c1-16(2,3)22-15(21)18-11-12-7-5-6-10-20(12)13-8-9-17-14(19-13)23-4/h8-9,12H,5-7,10-11H2,1-4H3,(H,18,21)/t12-/m1/s1. The fourth-order valence-electron chi connectivity index (χ4n) is 2.62. The lowest BCUT2D eigenvalue weighted by Crippen LogP contribution is -2.48. The number of nitrogens with zero attached hydrogens (tertiary/aromatic N) is 3. The number of piperidine rings is 1. The summed E-state index contributed by atoms with van der Waals surface area (Å²) in [6, 6.07) is 2.17. The van der Waals surface area contributed by atoms with Crippen molar-refractivity contribution in [1.82, 2.24) is 15.3 Å². The summed E-state index contributed by atoms with van der Waals surface area (Å²) in [5.74, 6) is 0.931. The molecule has 0 saturated carbocycles. The molecule has 0 aromatic carbocycles. The predicted molar refractivity (Wildman–Crippen MR) is 93.0 cm³/mol. The quantitative estimate of drug-likeness (QED) is 0.672. The van der Waals surface area contributed by atoms with Gasteiger partial charge in [0.15, 0.2) is 5.16 Å². The molecule has 23 heavy (non-hydrogen) atoms. The normalized spacial score (nSPS) is 18.6. The van der Waals surface area contributed by atoms with Gasteiger partial charge in [-0.3, -0.25) is 0 Å². The van der Waals surface area contributed by atoms with Gasteiger partial charge in [-0.1, -0.05) is 11.8 Å². The van der Waals surface area contributed by atoms with E-state index in [1.54, 1.807) is 6.20 Å². The van der Waals surface area contributed by atoms with Crippen LogP contribution >= 0.6 is 11.8 Å². The van der Waals surface area contributed by atoms with Crippen LogP contribution in [0, 0.1) is 0 Å². The minimum Gasteiger partial charge on any atom is -0.444 e. The van der Waals surface area contributed by atoms with Crippen molar-refractivity contribution in [2.24, 2.45) is 0 Å². The molecule has 0 spiro atoms. The van der Waals surface area contributed by atoms with E-state index in [4.69, 9.17) is 4.74 Å². The first kappa shape index (κ1) is 17.8. The van der Waals surface area contributed by atoms with E-state index in [-0.39, 0.29) is 12.1 Å². The molecule has 6 nitrogen and oxygen atoms in total. The van der Waals surface area contributed by atoms with Crippen LogP contribution in [0.5, 0.6) is 0 Å². The molecule has 7 heteroatoms. The van der Waals surface area contributed by atoms with E-state index in [9.17, 15) is 4.79 Å². The van der Waals surface area contributed by atoms with Gasteiger partial charge in [0.25, 0.3) is 0 Å². The second kappa shape index (κ2) is 7.86. The fraction of sp³-hybridized carbons (Fsp3) is 0.688. The molecule has 1 aromatic heterocycles. The van der Waals surface area contributed by atoms with Gasteiger partial charge in [0.1, 0.15) is 11.4 Å². The average Bonchev–Trinajstić information content (AvgIpc) is 2.51. The van der Waals surface area contributed by atoms with Crippen molar-refractivity contribution in [2.45, 2.75) is 56.8 Å². The van der Waals surface area contributed by atoms with Crippen molar-refractivity contribution in [3.05, 3.63) is 12.3 Å². The van der Waals surface area contributed by atoms with Gasteiger partial charge < -0.3 is 15.0 Å². The Hall–Kier alpha value is -1.50. The maximum absolute atomic E-state index is 11.9. The number of ether oxygens (including phenoxy) is 1. The lowest BCUT2D eigenvalue weighted by molar-refractivity contribution is 0.0523. The molecule has 0 unspecified atom stereocenters. The summed E-state index contributed by atoms with van der Waals surface area (Å²) in [6.07, 6.45) is 6.74. The number of anilines is 1. The Morgan fingerprint density at radius 2 is 2.26 bits per heavy atom. The van der Waals surface area contributed by atoms with Gasteiger partial charge in [-0.05, 0) is 52.4 Å². The van der Waals surface area contributed by atoms with E-state index >= 15 is 0 Å². The third-order valence-electron chi connectivity index (χ3n) is 3.60. The summed E-state index contributed by atoms with van der Waals surface area (Å²) in [6.45, 7) is 7.11. The third kappa shape index (κ3) is 5.57. The smallest absolute Gasteiger partial charge is 0.407 e. The Morgan fingerprint density at radius 1 is 1.48 bits per heavy atom. The Balaban J connectivity index is 1.99. The number of hydrogen-bond donors (Lipinski definition) is 1. The summed E-state index contributed by atoms with van der Waals surface area (Å²) in [5, 5.41) is 3.66. The first-order chi connectivity index (χ1) is 10.9. The van der Waals surface area contributed by atoms with Crippen LogP contribution < -0.4 is 10.2 Å². The van der Waals surface area contributed by atoms with Gasteiger partial charge in [-0.15, -0.1) is 0 Å². The van der Waals surface area contributed by atoms with Crippen molar-refractivity contribution in [1.29, 1.82) is 0 Å². The van der Waals surface area contributed by atoms with Crippen LogP contribution in [-0.2, 0) is 4.74 Å². The van der Waals surface area contributed by atoms with Crippen LogP contribution in [0.1, 0.15) is 40.0 Å². The molecule has 1 aliphatic rings. The highest BCUT2D eigenvalue weighted by Gasteiger charge is 2.25. The number of rotatable bonds is 4. The van der Waals surface area contributed by atoms with Crippen molar-refractivity contribution in [3.63, 3.8) is 0 Å². The summed E-state index contributed by atoms with van der Waals surface area (Å²) < 4.78 is 5.31. The highest BCUT2D eigenvalue weighted by atomic mass is 32.2. The Labute approximate surface area is 142 Å².